The molecule has 1 saturated heterocycles. The Hall–Kier alpha value is -1.62. The van der Waals surface area contributed by atoms with Crippen LogP contribution in [0.2, 0.25) is 0 Å². The summed E-state index contributed by atoms with van der Waals surface area (Å²) in [5.74, 6) is 3.33. The summed E-state index contributed by atoms with van der Waals surface area (Å²) in [5.41, 5.74) is 0. The van der Waals surface area contributed by atoms with Crippen LogP contribution in [0.4, 0.5) is 0 Å². The van der Waals surface area contributed by atoms with E-state index in [1.54, 1.807) is 0 Å². The zero-order valence-electron chi connectivity index (χ0n) is 12.1. The van der Waals surface area contributed by atoms with E-state index in [1.165, 1.54) is 0 Å². The molecule has 5 nitrogen and oxygen atoms in total. The molecule has 2 aliphatic heterocycles. The van der Waals surface area contributed by atoms with Crippen molar-refractivity contribution in [3.63, 3.8) is 0 Å². The first-order chi connectivity index (χ1) is 9.76. The summed E-state index contributed by atoms with van der Waals surface area (Å²) in [6.07, 6.45) is 7.06. The van der Waals surface area contributed by atoms with Gasteiger partial charge in [0.15, 0.2) is 5.76 Å². The van der Waals surface area contributed by atoms with Gasteiger partial charge in [0.1, 0.15) is 0 Å². The van der Waals surface area contributed by atoms with Crippen molar-refractivity contribution in [1.82, 2.24) is 15.0 Å². The third kappa shape index (κ3) is 2.77. The average molecular weight is 275 g/mol. The van der Waals surface area contributed by atoms with Gasteiger partial charge in [-0.1, -0.05) is 12.1 Å². The van der Waals surface area contributed by atoms with Crippen molar-refractivity contribution in [2.24, 2.45) is 0 Å². The summed E-state index contributed by atoms with van der Waals surface area (Å²) < 4.78 is 11.1. The smallest absolute Gasteiger partial charge is 0.237 e. The maximum absolute atomic E-state index is 5.64. The molecule has 0 bridgehead atoms. The monoisotopic (exact) mass is 275 g/mol. The predicted molar refractivity (Wildman–Crippen MR) is 75.8 cm³/mol. The van der Waals surface area contributed by atoms with Gasteiger partial charge in [-0.3, -0.25) is 0 Å². The molecule has 1 fully saturated rings. The molecule has 0 radical (unpaired) electrons. The third-order valence-electron chi connectivity index (χ3n) is 4.03. The van der Waals surface area contributed by atoms with Gasteiger partial charge in [-0.25, -0.2) is 0 Å². The minimum Gasteiger partial charge on any atom is -0.459 e. The molecule has 3 heterocycles. The van der Waals surface area contributed by atoms with Crippen LogP contribution in [-0.2, 0) is 4.74 Å². The average Bonchev–Trinajstić information content (AvgIpc) is 2.97. The van der Waals surface area contributed by atoms with Gasteiger partial charge in [0.2, 0.25) is 11.7 Å². The predicted octanol–water partition coefficient (Wildman–Crippen LogP) is 2.93. The number of ether oxygens (including phenoxy) is 1. The fraction of sp³-hybridized carbons (Fsp3) is 0.600. The molecule has 108 valence electrons. The summed E-state index contributed by atoms with van der Waals surface area (Å²) in [6.45, 7) is 7.48. The zero-order chi connectivity index (χ0) is 13.9. The molecular formula is C15H21N3O2. The number of allylic oxidation sites excluding steroid dienone is 3. The number of rotatable bonds is 3. The van der Waals surface area contributed by atoms with Crippen molar-refractivity contribution in [1.29, 1.82) is 0 Å². The van der Waals surface area contributed by atoms with Crippen LogP contribution in [0.5, 0.6) is 0 Å². The van der Waals surface area contributed by atoms with Crippen LogP contribution in [0.3, 0.4) is 0 Å². The quantitative estimate of drug-likeness (QED) is 0.849. The summed E-state index contributed by atoms with van der Waals surface area (Å²) in [5, 5.41) is 4.07. The zero-order valence-corrected chi connectivity index (χ0v) is 12.1. The van der Waals surface area contributed by atoms with Gasteiger partial charge >= 0.3 is 0 Å². The second-order valence-electron chi connectivity index (χ2n) is 5.39. The van der Waals surface area contributed by atoms with E-state index in [0.717, 1.165) is 50.5 Å². The fourth-order valence-electron chi connectivity index (χ4n) is 2.72. The van der Waals surface area contributed by atoms with Crippen LogP contribution in [0.15, 0.2) is 22.4 Å². The molecule has 1 aromatic heterocycles. The van der Waals surface area contributed by atoms with Crippen LogP contribution >= 0.6 is 0 Å². The van der Waals surface area contributed by atoms with Crippen molar-refractivity contribution < 1.29 is 9.26 Å². The van der Waals surface area contributed by atoms with E-state index in [1.807, 2.05) is 19.1 Å². The van der Waals surface area contributed by atoms with Gasteiger partial charge in [0.05, 0.1) is 5.76 Å². The minimum absolute atomic E-state index is 0.389. The molecule has 3 rings (SSSR count). The molecule has 0 saturated carbocycles. The van der Waals surface area contributed by atoms with Crippen LogP contribution in [-0.4, -0.2) is 34.7 Å². The Morgan fingerprint density at radius 1 is 1.30 bits per heavy atom. The van der Waals surface area contributed by atoms with Crippen molar-refractivity contribution in [2.75, 3.05) is 19.6 Å². The Bertz CT molecular complexity index is 525. The summed E-state index contributed by atoms with van der Waals surface area (Å²) >= 11 is 0. The highest BCUT2D eigenvalue weighted by molar-refractivity contribution is 5.54. The molecule has 0 amide bonds. The lowest BCUT2D eigenvalue weighted by molar-refractivity contribution is 0.202. The van der Waals surface area contributed by atoms with Crippen molar-refractivity contribution in [3.8, 4) is 0 Å². The lowest BCUT2D eigenvalue weighted by Crippen LogP contribution is -2.32. The number of aromatic nitrogens is 2. The van der Waals surface area contributed by atoms with Gasteiger partial charge in [0.25, 0.3) is 0 Å². The molecule has 0 atom stereocenters. The topological polar surface area (TPSA) is 51.4 Å². The largest absolute Gasteiger partial charge is 0.459 e. The number of likely N-dealkylation sites (tertiary alicyclic amines) is 1. The van der Waals surface area contributed by atoms with Crippen molar-refractivity contribution in [3.05, 3.63) is 29.6 Å². The Kier molecular flexibility index (Phi) is 3.87. The Labute approximate surface area is 119 Å². The molecule has 20 heavy (non-hydrogen) atoms. The highest BCUT2D eigenvalue weighted by Gasteiger charge is 2.25. The second kappa shape index (κ2) is 5.79. The van der Waals surface area contributed by atoms with Gasteiger partial charge in [0, 0.05) is 5.92 Å². The fourth-order valence-corrected chi connectivity index (χ4v) is 2.72. The molecule has 5 heteroatoms. The van der Waals surface area contributed by atoms with E-state index in [2.05, 4.69) is 22.0 Å². The molecule has 1 aromatic rings. The van der Waals surface area contributed by atoms with Crippen molar-refractivity contribution in [2.45, 2.75) is 39.0 Å². The molecular weight excluding hydrogens is 254 g/mol. The summed E-state index contributed by atoms with van der Waals surface area (Å²) in [7, 11) is 0. The highest BCUT2D eigenvalue weighted by Crippen LogP contribution is 2.28. The van der Waals surface area contributed by atoms with Crippen LogP contribution in [0.25, 0.3) is 5.76 Å². The Balaban J connectivity index is 1.67. The SMILES string of the molecule is CCN1CCC(c2nc(C3=CCC=C(C)O3)no2)CC1. The minimum atomic E-state index is 0.389. The van der Waals surface area contributed by atoms with Crippen LogP contribution in [0.1, 0.15) is 50.7 Å². The van der Waals surface area contributed by atoms with Crippen LogP contribution in [0, 0.1) is 0 Å². The highest BCUT2D eigenvalue weighted by atomic mass is 16.5. The van der Waals surface area contributed by atoms with Crippen molar-refractivity contribution >= 4 is 5.76 Å². The normalized spacial score (nSPS) is 21.3. The second-order valence-corrected chi connectivity index (χ2v) is 5.39. The van der Waals surface area contributed by atoms with E-state index in [4.69, 9.17) is 9.26 Å². The Morgan fingerprint density at radius 3 is 2.80 bits per heavy atom. The number of nitrogens with zero attached hydrogens (tertiary/aromatic N) is 3. The Morgan fingerprint density at radius 2 is 2.10 bits per heavy atom. The van der Waals surface area contributed by atoms with Gasteiger partial charge in [-0.2, -0.15) is 4.98 Å². The van der Waals surface area contributed by atoms with E-state index in [-0.39, 0.29) is 0 Å². The third-order valence-corrected chi connectivity index (χ3v) is 4.03. The van der Waals surface area contributed by atoms with Crippen LogP contribution < -0.4 is 0 Å². The molecule has 0 aromatic carbocycles. The number of piperidine rings is 1. The molecule has 0 aliphatic carbocycles. The van der Waals surface area contributed by atoms with E-state index in [9.17, 15) is 0 Å². The van der Waals surface area contributed by atoms with Gasteiger partial charge < -0.3 is 14.2 Å². The maximum Gasteiger partial charge on any atom is 0.237 e. The first kappa shape index (κ1) is 13.4. The first-order valence-electron chi connectivity index (χ1n) is 7.37. The molecule has 2 aliphatic rings. The van der Waals surface area contributed by atoms with Gasteiger partial charge in [-0.15, -0.1) is 0 Å². The van der Waals surface area contributed by atoms with Gasteiger partial charge in [-0.05, 0) is 58.0 Å². The lowest BCUT2D eigenvalue weighted by atomic mass is 9.97. The molecule has 0 N–H and O–H groups in total. The standard InChI is InChI=1S/C15H21N3O2/c1-3-18-9-7-12(8-10-18)15-16-14(17-20-15)13-6-4-5-11(2)19-13/h5-6,12H,3-4,7-10H2,1-2H3. The lowest BCUT2D eigenvalue weighted by Gasteiger charge is -2.28. The summed E-state index contributed by atoms with van der Waals surface area (Å²) in [4.78, 5) is 6.98. The molecule has 0 spiro atoms. The maximum atomic E-state index is 5.64. The number of hydrogen-bond donors (Lipinski definition) is 0. The first-order valence-corrected chi connectivity index (χ1v) is 7.37. The van der Waals surface area contributed by atoms with E-state index >= 15 is 0 Å². The van der Waals surface area contributed by atoms with E-state index < -0.39 is 0 Å². The summed E-state index contributed by atoms with van der Waals surface area (Å²) in [6, 6.07) is 0. The van der Waals surface area contributed by atoms with E-state index in [0.29, 0.717) is 17.5 Å². The molecule has 0 unspecified atom stereocenters. The number of hydrogen-bond acceptors (Lipinski definition) is 5.